The zero-order valence-electron chi connectivity index (χ0n) is 9.99. The molecule has 0 unspecified atom stereocenters. The van der Waals surface area contributed by atoms with E-state index < -0.39 is 0 Å². The van der Waals surface area contributed by atoms with E-state index in [1.54, 1.807) is 23.5 Å². The van der Waals surface area contributed by atoms with Crippen molar-refractivity contribution < 1.29 is 0 Å². The summed E-state index contributed by atoms with van der Waals surface area (Å²) in [6.07, 6.45) is 1.96. The van der Waals surface area contributed by atoms with Gasteiger partial charge < -0.3 is 22.9 Å². The summed E-state index contributed by atoms with van der Waals surface area (Å²) in [4.78, 5) is 1.99. The van der Waals surface area contributed by atoms with Crippen LogP contribution in [0.15, 0.2) is 21.9 Å². The van der Waals surface area contributed by atoms with Gasteiger partial charge in [-0.15, -0.1) is 23.5 Å². The number of benzene rings is 1. The summed E-state index contributed by atoms with van der Waals surface area (Å²) in [7, 11) is 0. The maximum atomic E-state index is 5.70. The molecule has 0 aliphatic heterocycles. The topological polar surface area (TPSA) is 104 Å². The molecule has 6 heteroatoms. The van der Waals surface area contributed by atoms with Crippen LogP contribution in [0.3, 0.4) is 0 Å². The zero-order valence-corrected chi connectivity index (χ0v) is 11.6. The molecule has 1 aromatic rings. The van der Waals surface area contributed by atoms with Gasteiger partial charge in [-0.25, -0.2) is 0 Å². The third-order valence-electron chi connectivity index (χ3n) is 2.22. The summed E-state index contributed by atoms with van der Waals surface area (Å²) in [6.45, 7) is 2.07. The van der Waals surface area contributed by atoms with Crippen LogP contribution in [-0.4, -0.2) is 12.0 Å². The van der Waals surface area contributed by atoms with E-state index in [9.17, 15) is 0 Å². The van der Waals surface area contributed by atoms with Crippen molar-refractivity contribution in [2.45, 2.75) is 16.7 Å². The highest BCUT2D eigenvalue weighted by atomic mass is 32.2. The molecular weight excluding hydrogens is 252 g/mol. The van der Waals surface area contributed by atoms with Crippen LogP contribution in [0.5, 0.6) is 0 Å². The lowest BCUT2D eigenvalue weighted by Crippen LogP contribution is -2.28. The van der Waals surface area contributed by atoms with Crippen molar-refractivity contribution in [3.8, 4) is 0 Å². The number of thioether (sulfide) groups is 2. The molecule has 0 fully saturated rings. The molecule has 1 aromatic carbocycles. The van der Waals surface area contributed by atoms with Gasteiger partial charge >= 0.3 is 0 Å². The number of nitrogens with two attached hydrogens (primary N) is 4. The van der Waals surface area contributed by atoms with Gasteiger partial charge in [-0.2, -0.15) is 0 Å². The van der Waals surface area contributed by atoms with E-state index in [4.69, 9.17) is 22.9 Å². The summed E-state index contributed by atoms with van der Waals surface area (Å²) >= 11 is 3.23. The fraction of sp³-hybridized carbons (Fsp3) is 0.273. The van der Waals surface area contributed by atoms with Crippen LogP contribution in [0.25, 0.3) is 11.6 Å². The Labute approximate surface area is 109 Å². The SMILES string of the molecule is CCSc1cc(=C(N)N)c(SC)cc1=C(N)N. The molecule has 0 heterocycles. The minimum absolute atomic E-state index is 0.314. The van der Waals surface area contributed by atoms with E-state index in [0.717, 1.165) is 26.0 Å². The number of hydrogen-bond acceptors (Lipinski definition) is 6. The first-order chi connectivity index (χ1) is 8.01. The molecule has 0 aliphatic carbocycles. The first-order valence-electron chi connectivity index (χ1n) is 5.12. The second-order valence-corrected chi connectivity index (χ2v) is 5.55. The van der Waals surface area contributed by atoms with Crippen molar-refractivity contribution in [2.75, 3.05) is 12.0 Å². The fourth-order valence-electron chi connectivity index (χ4n) is 1.45. The highest BCUT2D eigenvalue weighted by molar-refractivity contribution is 7.99. The first-order valence-corrected chi connectivity index (χ1v) is 7.33. The van der Waals surface area contributed by atoms with Crippen LogP contribution in [0.4, 0.5) is 0 Å². The van der Waals surface area contributed by atoms with Gasteiger partial charge in [0.05, 0.1) is 0 Å². The highest BCUT2D eigenvalue weighted by Gasteiger charge is 2.04. The molecule has 0 spiro atoms. The summed E-state index contributed by atoms with van der Waals surface area (Å²) < 4.78 is 0. The zero-order chi connectivity index (χ0) is 13.0. The standard InChI is InChI=1S/C11H18N4S2/c1-3-17-9-5-6(10(12)13)8(16-2)4-7(9)11(14)15/h4-5H,3,12-15H2,1-2H3. The highest BCUT2D eigenvalue weighted by Crippen LogP contribution is 2.14. The molecule has 0 bridgehead atoms. The van der Waals surface area contributed by atoms with Crippen LogP contribution in [0.1, 0.15) is 6.92 Å². The van der Waals surface area contributed by atoms with Gasteiger partial charge in [-0.05, 0) is 24.1 Å². The summed E-state index contributed by atoms with van der Waals surface area (Å²) in [5.74, 6) is 1.57. The molecule has 17 heavy (non-hydrogen) atoms. The lowest BCUT2D eigenvalue weighted by atomic mass is 10.2. The normalized spacial score (nSPS) is 10.2. The molecule has 0 saturated carbocycles. The Morgan fingerprint density at radius 1 is 1.00 bits per heavy atom. The summed E-state index contributed by atoms with van der Waals surface area (Å²) in [6, 6.07) is 3.89. The second-order valence-electron chi connectivity index (χ2n) is 3.39. The van der Waals surface area contributed by atoms with Crippen LogP contribution in [-0.2, 0) is 0 Å². The van der Waals surface area contributed by atoms with Crippen molar-refractivity contribution in [2.24, 2.45) is 22.9 Å². The Morgan fingerprint density at radius 3 is 1.88 bits per heavy atom. The van der Waals surface area contributed by atoms with Crippen LogP contribution in [0, 0.1) is 0 Å². The maximum Gasteiger partial charge on any atom is 0.102 e. The van der Waals surface area contributed by atoms with Gasteiger partial charge in [-0.1, -0.05) is 6.92 Å². The summed E-state index contributed by atoms with van der Waals surface area (Å²) in [5, 5.41) is 1.70. The van der Waals surface area contributed by atoms with Crippen molar-refractivity contribution in [1.29, 1.82) is 0 Å². The van der Waals surface area contributed by atoms with Crippen molar-refractivity contribution in [1.82, 2.24) is 0 Å². The van der Waals surface area contributed by atoms with Crippen LogP contribution in [0.2, 0.25) is 0 Å². The monoisotopic (exact) mass is 270 g/mol. The minimum Gasteiger partial charge on any atom is -0.385 e. The molecule has 0 aromatic heterocycles. The van der Waals surface area contributed by atoms with Crippen molar-refractivity contribution >= 4 is 35.2 Å². The van der Waals surface area contributed by atoms with Crippen LogP contribution < -0.4 is 33.4 Å². The Hall–Kier alpha value is -1.14. The molecule has 8 N–H and O–H groups in total. The minimum atomic E-state index is 0.314. The third-order valence-corrected chi connectivity index (χ3v) is 3.94. The van der Waals surface area contributed by atoms with E-state index in [1.165, 1.54) is 0 Å². The smallest absolute Gasteiger partial charge is 0.102 e. The predicted molar refractivity (Wildman–Crippen MR) is 77.4 cm³/mol. The largest absolute Gasteiger partial charge is 0.385 e. The molecule has 4 nitrogen and oxygen atoms in total. The van der Waals surface area contributed by atoms with Gasteiger partial charge in [0.2, 0.25) is 0 Å². The lowest BCUT2D eigenvalue weighted by molar-refractivity contribution is 1.18. The predicted octanol–water partition coefficient (Wildman–Crippen LogP) is -0.513. The molecule has 1 rings (SSSR count). The molecular formula is C11H18N4S2. The molecule has 0 amide bonds. The maximum absolute atomic E-state index is 5.70. The third kappa shape index (κ3) is 3.17. The first kappa shape index (κ1) is 13.9. The Bertz CT molecular complexity index is 517. The van der Waals surface area contributed by atoms with Crippen LogP contribution >= 0.6 is 23.5 Å². The second kappa shape index (κ2) is 5.97. The number of hydrogen-bond donors (Lipinski definition) is 4. The molecule has 0 saturated heterocycles. The molecule has 0 atom stereocenters. The average molecular weight is 270 g/mol. The number of rotatable bonds is 3. The quantitative estimate of drug-likeness (QED) is 0.551. The van der Waals surface area contributed by atoms with Gasteiger partial charge in [-0.3, -0.25) is 0 Å². The van der Waals surface area contributed by atoms with E-state index >= 15 is 0 Å². The van der Waals surface area contributed by atoms with Gasteiger partial charge in [0.25, 0.3) is 0 Å². The van der Waals surface area contributed by atoms with E-state index in [2.05, 4.69) is 6.92 Å². The van der Waals surface area contributed by atoms with Gasteiger partial charge in [0.1, 0.15) is 11.6 Å². The molecule has 94 valence electrons. The van der Waals surface area contributed by atoms with Crippen molar-refractivity contribution in [3.05, 3.63) is 22.6 Å². The summed E-state index contributed by atoms with van der Waals surface area (Å²) in [5.41, 5.74) is 22.8. The Kier molecular flexibility index (Phi) is 4.89. The average Bonchev–Trinajstić information content (AvgIpc) is 2.28. The molecule has 0 aliphatic rings. The Balaban J connectivity index is 3.68. The lowest BCUT2D eigenvalue weighted by Gasteiger charge is -2.07. The Morgan fingerprint density at radius 2 is 1.47 bits per heavy atom. The van der Waals surface area contributed by atoms with E-state index in [1.807, 2.05) is 18.4 Å². The van der Waals surface area contributed by atoms with E-state index in [-0.39, 0.29) is 0 Å². The van der Waals surface area contributed by atoms with Crippen molar-refractivity contribution in [3.63, 3.8) is 0 Å². The van der Waals surface area contributed by atoms with Gasteiger partial charge in [0, 0.05) is 20.2 Å². The van der Waals surface area contributed by atoms with E-state index in [0.29, 0.717) is 11.6 Å². The fourth-order valence-corrected chi connectivity index (χ4v) is 2.93. The van der Waals surface area contributed by atoms with Gasteiger partial charge in [0.15, 0.2) is 0 Å². The molecule has 0 radical (unpaired) electrons.